The molecule has 3 nitrogen and oxygen atoms in total. The number of thioether (sulfide) groups is 1. The number of rotatable bonds is 2. The highest BCUT2D eigenvalue weighted by atomic mass is 35.5. The minimum atomic E-state index is 0. The first-order valence-electron chi connectivity index (χ1n) is 6.02. The Hall–Kier alpha value is -0.230. The van der Waals surface area contributed by atoms with Gasteiger partial charge in [0, 0.05) is 16.5 Å². The molecule has 3 rings (SSSR count). The summed E-state index contributed by atoms with van der Waals surface area (Å²) >= 11 is 3.61. The summed E-state index contributed by atoms with van der Waals surface area (Å²) in [5.41, 5.74) is 1.35. The van der Waals surface area contributed by atoms with Gasteiger partial charge in [-0.05, 0) is 36.3 Å². The van der Waals surface area contributed by atoms with Crippen LogP contribution in [0.25, 0.3) is 0 Å². The van der Waals surface area contributed by atoms with Crippen molar-refractivity contribution in [1.29, 1.82) is 0 Å². The number of halogens is 1. The Kier molecular flexibility index (Phi) is 4.95. The number of nitrogens with one attached hydrogen (secondary N) is 2. The minimum Gasteiger partial charge on any atom is -0.348 e. The van der Waals surface area contributed by atoms with Gasteiger partial charge in [-0.2, -0.15) is 0 Å². The van der Waals surface area contributed by atoms with E-state index in [-0.39, 0.29) is 30.4 Å². The Bertz CT molecular complexity index is 418. The standard InChI is InChI=1S/C12H16N2OS2.ClH/c15-12(10-6-16-7-13-10)14-9-2-1-3-11-8(9)4-5-17-11;/h4-5,9-10,13H,1-3,6-7H2,(H,14,15);1H. The minimum absolute atomic E-state index is 0. The normalized spacial score (nSPS) is 26.2. The number of fused-ring (bicyclic) bond motifs is 1. The van der Waals surface area contributed by atoms with Gasteiger partial charge in [-0.1, -0.05) is 0 Å². The molecule has 1 aliphatic carbocycles. The Labute approximate surface area is 122 Å². The average molecular weight is 305 g/mol. The van der Waals surface area contributed by atoms with Crippen LogP contribution in [0.1, 0.15) is 29.3 Å². The monoisotopic (exact) mass is 304 g/mol. The van der Waals surface area contributed by atoms with E-state index >= 15 is 0 Å². The third-order valence-corrected chi connectivity index (χ3v) is 5.34. The molecule has 1 saturated heterocycles. The number of carbonyl (C=O) groups excluding carboxylic acids is 1. The van der Waals surface area contributed by atoms with Crippen LogP contribution in [-0.2, 0) is 11.2 Å². The average Bonchev–Trinajstić information content (AvgIpc) is 3.00. The van der Waals surface area contributed by atoms with Crippen molar-refractivity contribution in [2.75, 3.05) is 11.6 Å². The molecule has 2 heterocycles. The molecule has 0 saturated carbocycles. The first-order valence-corrected chi connectivity index (χ1v) is 8.06. The zero-order valence-corrected chi connectivity index (χ0v) is 12.4. The molecule has 6 heteroatoms. The van der Waals surface area contributed by atoms with Gasteiger partial charge in [0.15, 0.2) is 0 Å². The highest BCUT2D eigenvalue weighted by molar-refractivity contribution is 7.99. The Morgan fingerprint density at radius 2 is 2.39 bits per heavy atom. The zero-order valence-electron chi connectivity index (χ0n) is 9.98. The van der Waals surface area contributed by atoms with Gasteiger partial charge in [-0.25, -0.2) is 0 Å². The lowest BCUT2D eigenvalue weighted by Crippen LogP contribution is -2.44. The van der Waals surface area contributed by atoms with Crippen molar-refractivity contribution in [2.45, 2.75) is 31.3 Å². The van der Waals surface area contributed by atoms with Crippen molar-refractivity contribution in [3.05, 3.63) is 21.9 Å². The van der Waals surface area contributed by atoms with E-state index < -0.39 is 0 Å². The maximum atomic E-state index is 12.1. The van der Waals surface area contributed by atoms with E-state index in [2.05, 4.69) is 22.1 Å². The number of hydrogen-bond donors (Lipinski definition) is 2. The van der Waals surface area contributed by atoms with Crippen LogP contribution in [0.4, 0.5) is 0 Å². The molecule has 2 aliphatic rings. The molecule has 2 atom stereocenters. The van der Waals surface area contributed by atoms with Gasteiger partial charge in [-0.3, -0.25) is 10.1 Å². The Morgan fingerprint density at radius 1 is 1.50 bits per heavy atom. The van der Waals surface area contributed by atoms with Gasteiger partial charge in [-0.15, -0.1) is 35.5 Å². The SMILES string of the molecule is Cl.O=C(NC1CCCc2sccc21)C1CSCN1. The smallest absolute Gasteiger partial charge is 0.238 e. The molecule has 1 fully saturated rings. The van der Waals surface area contributed by atoms with Gasteiger partial charge < -0.3 is 5.32 Å². The van der Waals surface area contributed by atoms with E-state index in [1.54, 1.807) is 11.8 Å². The molecule has 18 heavy (non-hydrogen) atoms. The number of thiophene rings is 1. The number of aryl methyl sites for hydroxylation is 1. The quantitative estimate of drug-likeness (QED) is 0.881. The molecular weight excluding hydrogens is 288 g/mol. The molecule has 0 aromatic carbocycles. The van der Waals surface area contributed by atoms with Crippen molar-refractivity contribution < 1.29 is 4.79 Å². The summed E-state index contributed by atoms with van der Waals surface area (Å²) in [6.45, 7) is 0. The molecule has 0 bridgehead atoms. The fourth-order valence-electron chi connectivity index (χ4n) is 2.47. The van der Waals surface area contributed by atoms with Crippen molar-refractivity contribution in [1.82, 2.24) is 10.6 Å². The lowest BCUT2D eigenvalue weighted by atomic mass is 9.94. The number of hydrogen-bond acceptors (Lipinski definition) is 4. The van der Waals surface area contributed by atoms with Crippen LogP contribution in [0.3, 0.4) is 0 Å². The van der Waals surface area contributed by atoms with Gasteiger partial charge in [0.2, 0.25) is 5.91 Å². The summed E-state index contributed by atoms with van der Waals surface area (Å²) in [6, 6.07) is 2.41. The second-order valence-corrected chi connectivity index (χ2v) is 6.56. The summed E-state index contributed by atoms with van der Waals surface area (Å²) in [4.78, 5) is 13.5. The number of carbonyl (C=O) groups is 1. The fraction of sp³-hybridized carbons (Fsp3) is 0.583. The first-order chi connectivity index (χ1) is 8.34. The van der Waals surface area contributed by atoms with Crippen LogP contribution in [0.5, 0.6) is 0 Å². The molecular formula is C12H17ClN2OS2. The lowest BCUT2D eigenvalue weighted by Gasteiger charge is -2.25. The van der Waals surface area contributed by atoms with Gasteiger partial charge in [0.05, 0.1) is 12.1 Å². The molecule has 0 spiro atoms. The largest absolute Gasteiger partial charge is 0.348 e. The van der Waals surface area contributed by atoms with Crippen molar-refractivity contribution in [3.63, 3.8) is 0 Å². The third kappa shape index (κ3) is 2.85. The molecule has 1 aromatic rings. The van der Waals surface area contributed by atoms with E-state index in [0.29, 0.717) is 0 Å². The number of amides is 1. The van der Waals surface area contributed by atoms with Crippen LogP contribution in [-0.4, -0.2) is 23.6 Å². The Morgan fingerprint density at radius 3 is 3.17 bits per heavy atom. The van der Waals surface area contributed by atoms with E-state index in [1.165, 1.54) is 23.3 Å². The third-order valence-electron chi connectivity index (χ3n) is 3.40. The van der Waals surface area contributed by atoms with E-state index in [4.69, 9.17) is 0 Å². The van der Waals surface area contributed by atoms with Crippen molar-refractivity contribution in [3.8, 4) is 0 Å². The van der Waals surface area contributed by atoms with Gasteiger partial charge >= 0.3 is 0 Å². The highest BCUT2D eigenvalue weighted by Gasteiger charge is 2.27. The molecule has 1 aromatic heterocycles. The zero-order chi connectivity index (χ0) is 11.7. The van der Waals surface area contributed by atoms with Gasteiger partial charge in [0.25, 0.3) is 0 Å². The van der Waals surface area contributed by atoms with E-state index in [0.717, 1.165) is 18.1 Å². The summed E-state index contributed by atoms with van der Waals surface area (Å²) in [6.07, 6.45) is 3.44. The summed E-state index contributed by atoms with van der Waals surface area (Å²) in [5.74, 6) is 1.96. The van der Waals surface area contributed by atoms with E-state index in [9.17, 15) is 4.79 Å². The maximum absolute atomic E-state index is 12.1. The first kappa shape index (κ1) is 14.2. The summed E-state index contributed by atoms with van der Waals surface area (Å²) in [7, 11) is 0. The molecule has 1 amide bonds. The molecule has 2 N–H and O–H groups in total. The van der Waals surface area contributed by atoms with Gasteiger partial charge in [0.1, 0.15) is 0 Å². The van der Waals surface area contributed by atoms with Crippen molar-refractivity contribution >= 4 is 41.4 Å². The molecule has 1 aliphatic heterocycles. The topological polar surface area (TPSA) is 41.1 Å². The van der Waals surface area contributed by atoms with Crippen LogP contribution in [0.2, 0.25) is 0 Å². The predicted octanol–water partition coefficient (Wildman–Crippen LogP) is 2.33. The summed E-state index contributed by atoms with van der Waals surface area (Å²) in [5, 5.41) is 8.55. The molecule has 0 radical (unpaired) electrons. The van der Waals surface area contributed by atoms with Crippen LogP contribution < -0.4 is 10.6 Å². The lowest BCUT2D eigenvalue weighted by molar-refractivity contribution is -0.123. The second-order valence-electron chi connectivity index (χ2n) is 4.52. The van der Waals surface area contributed by atoms with Crippen LogP contribution in [0, 0.1) is 0 Å². The maximum Gasteiger partial charge on any atom is 0.238 e. The molecule has 100 valence electrons. The highest BCUT2D eigenvalue weighted by Crippen LogP contribution is 2.33. The summed E-state index contributed by atoms with van der Waals surface area (Å²) < 4.78 is 0. The Balaban J connectivity index is 0.00000120. The van der Waals surface area contributed by atoms with E-state index in [1.807, 2.05) is 11.3 Å². The molecule has 2 unspecified atom stereocenters. The predicted molar refractivity (Wildman–Crippen MR) is 79.6 cm³/mol. The van der Waals surface area contributed by atoms with Crippen LogP contribution in [0.15, 0.2) is 11.4 Å². The van der Waals surface area contributed by atoms with Crippen LogP contribution >= 0.6 is 35.5 Å². The second kappa shape index (κ2) is 6.28. The fourth-order valence-corrected chi connectivity index (χ4v) is 4.40. The van der Waals surface area contributed by atoms with Crippen molar-refractivity contribution in [2.24, 2.45) is 0 Å².